The number of carbonyl (C=O) groups excluding carboxylic acids is 2. The topological polar surface area (TPSA) is 112 Å². The van der Waals surface area contributed by atoms with Crippen molar-refractivity contribution < 1.29 is 23.8 Å². The normalized spacial score (nSPS) is 10.7. The van der Waals surface area contributed by atoms with E-state index < -0.39 is 18.5 Å². The number of ether oxygens (including phenoxy) is 3. The second kappa shape index (κ2) is 9.65. The van der Waals surface area contributed by atoms with E-state index in [0.29, 0.717) is 15.6 Å². The number of nitriles is 1. The van der Waals surface area contributed by atoms with Crippen LogP contribution in [0.1, 0.15) is 5.56 Å². The fraction of sp³-hybridized carbons (Fsp3) is 0.105. The lowest BCUT2D eigenvalue weighted by Crippen LogP contribution is -2.18. The van der Waals surface area contributed by atoms with Crippen LogP contribution in [0.15, 0.2) is 42.0 Å². The highest BCUT2D eigenvalue weighted by molar-refractivity contribution is 6.34. The number of nitrogens with zero attached hydrogens (tertiary/aromatic N) is 1. The van der Waals surface area contributed by atoms with Crippen molar-refractivity contribution in [3.05, 3.63) is 57.6 Å². The predicted octanol–water partition coefficient (Wildman–Crippen LogP) is 3.38. The monoisotopic (exact) mass is 420 g/mol. The maximum absolute atomic E-state index is 12.1. The van der Waals surface area contributed by atoms with Crippen molar-refractivity contribution in [2.75, 3.05) is 13.7 Å². The summed E-state index contributed by atoms with van der Waals surface area (Å²) in [7, 11) is 1.38. The summed E-state index contributed by atoms with van der Waals surface area (Å²) < 4.78 is 15.7. The number of hydrogen-bond donors (Lipinski definition) is 1. The highest BCUT2D eigenvalue weighted by atomic mass is 35.5. The number of rotatable bonds is 7. The van der Waals surface area contributed by atoms with Gasteiger partial charge in [0, 0.05) is 11.1 Å². The zero-order valence-corrected chi connectivity index (χ0v) is 16.1. The highest BCUT2D eigenvalue weighted by Gasteiger charge is 2.13. The molecule has 9 heteroatoms. The zero-order chi connectivity index (χ0) is 20.7. The van der Waals surface area contributed by atoms with Gasteiger partial charge in [-0.05, 0) is 35.9 Å². The first kappa shape index (κ1) is 21.1. The molecule has 0 radical (unpaired) electrons. The van der Waals surface area contributed by atoms with Crippen LogP contribution < -0.4 is 19.9 Å². The Morgan fingerprint density at radius 1 is 1.14 bits per heavy atom. The van der Waals surface area contributed by atoms with E-state index in [0.717, 1.165) is 0 Å². The van der Waals surface area contributed by atoms with E-state index in [2.05, 4.69) is 0 Å². The van der Waals surface area contributed by atoms with E-state index in [1.54, 1.807) is 18.2 Å². The summed E-state index contributed by atoms with van der Waals surface area (Å²) in [5, 5.41) is 9.60. The SMILES string of the molecule is COc1cc(/C=C(\C#N)C(N)=O)ccc1OC(=O)COc1cc(Cl)ccc1Cl. The van der Waals surface area contributed by atoms with Crippen LogP contribution in [-0.2, 0) is 9.59 Å². The summed E-state index contributed by atoms with van der Waals surface area (Å²) in [6, 6.07) is 10.8. The van der Waals surface area contributed by atoms with Crippen LogP contribution in [0.25, 0.3) is 6.08 Å². The molecule has 0 saturated heterocycles. The van der Waals surface area contributed by atoms with Crippen LogP contribution in [0.3, 0.4) is 0 Å². The number of methoxy groups -OCH3 is 1. The fourth-order valence-electron chi connectivity index (χ4n) is 2.06. The minimum atomic E-state index is -0.853. The van der Waals surface area contributed by atoms with Crippen LogP contribution in [0, 0.1) is 11.3 Å². The average molecular weight is 421 g/mol. The van der Waals surface area contributed by atoms with E-state index >= 15 is 0 Å². The fourth-order valence-corrected chi connectivity index (χ4v) is 2.39. The minimum Gasteiger partial charge on any atom is -0.493 e. The number of halogens is 2. The molecule has 28 heavy (non-hydrogen) atoms. The van der Waals surface area contributed by atoms with Crippen LogP contribution in [0.5, 0.6) is 17.2 Å². The van der Waals surface area contributed by atoms with E-state index in [1.165, 1.54) is 37.5 Å². The predicted molar refractivity (Wildman–Crippen MR) is 103 cm³/mol. The summed E-state index contributed by atoms with van der Waals surface area (Å²) >= 11 is 11.8. The Balaban J connectivity index is 2.11. The molecule has 7 nitrogen and oxygen atoms in total. The molecule has 0 saturated carbocycles. The molecule has 2 N–H and O–H groups in total. The maximum Gasteiger partial charge on any atom is 0.349 e. The lowest BCUT2D eigenvalue weighted by atomic mass is 10.1. The maximum atomic E-state index is 12.1. The molecule has 0 aliphatic heterocycles. The summed E-state index contributed by atoms with van der Waals surface area (Å²) in [4.78, 5) is 23.2. The van der Waals surface area contributed by atoms with Gasteiger partial charge in [-0.1, -0.05) is 29.3 Å². The number of primary amides is 1. The largest absolute Gasteiger partial charge is 0.493 e. The molecule has 0 spiro atoms. The van der Waals surface area contributed by atoms with Crippen molar-refractivity contribution in [3.8, 4) is 23.3 Å². The Morgan fingerprint density at radius 2 is 1.89 bits per heavy atom. The smallest absolute Gasteiger partial charge is 0.349 e. The van der Waals surface area contributed by atoms with Crippen molar-refractivity contribution in [1.82, 2.24) is 0 Å². The molecular weight excluding hydrogens is 407 g/mol. The molecule has 0 fully saturated rings. The lowest BCUT2D eigenvalue weighted by Gasteiger charge is -2.11. The van der Waals surface area contributed by atoms with Gasteiger partial charge in [0.2, 0.25) is 0 Å². The molecule has 2 aromatic carbocycles. The Morgan fingerprint density at radius 3 is 2.54 bits per heavy atom. The molecule has 0 bridgehead atoms. The third kappa shape index (κ3) is 5.64. The van der Waals surface area contributed by atoms with Crippen molar-refractivity contribution in [1.29, 1.82) is 5.26 Å². The Bertz CT molecular complexity index is 983. The molecule has 2 rings (SSSR count). The van der Waals surface area contributed by atoms with Gasteiger partial charge in [-0.2, -0.15) is 5.26 Å². The van der Waals surface area contributed by atoms with Crippen LogP contribution >= 0.6 is 23.2 Å². The van der Waals surface area contributed by atoms with Crippen LogP contribution in [0.2, 0.25) is 10.0 Å². The molecule has 0 heterocycles. The van der Waals surface area contributed by atoms with Crippen molar-refractivity contribution >= 4 is 41.2 Å². The molecule has 0 atom stereocenters. The van der Waals surface area contributed by atoms with Gasteiger partial charge in [-0.15, -0.1) is 0 Å². The number of benzene rings is 2. The van der Waals surface area contributed by atoms with Gasteiger partial charge in [0.05, 0.1) is 12.1 Å². The van der Waals surface area contributed by atoms with E-state index in [-0.39, 0.29) is 22.8 Å². The number of hydrogen-bond acceptors (Lipinski definition) is 6. The van der Waals surface area contributed by atoms with Gasteiger partial charge in [-0.3, -0.25) is 4.79 Å². The van der Waals surface area contributed by atoms with Gasteiger partial charge >= 0.3 is 5.97 Å². The Labute approximate surface area is 170 Å². The van der Waals surface area contributed by atoms with Crippen LogP contribution in [-0.4, -0.2) is 25.6 Å². The van der Waals surface area contributed by atoms with Gasteiger partial charge < -0.3 is 19.9 Å². The highest BCUT2D eigenvalue weighted by Crippen LogP contribution is 2.30. The third-order valence-corrected chi connectivity index (χ3v) is 3.89. The van der Waals surface area contributed by atoms with Gasteiger partial charge in [0.15, 0.2) is 18.1 Å². The minimum absolute atomic E-state index is 0.128. The number of nitrogens with two attached hydrogens (primary N) is 1. The van der Waals surface area contributed by atoms with Crippen LogP contribution in [0.4, 0.5) is 0 Å². The average Bonchev–Trinajstić information content (AvgIpc) is 2.67. The Hall–Kier alpha value is -3.21. The molecule has 1 amide bonds. The second-order valence-electron chi connectivity index (χ2n) is 5.28. The third-order valence-electron chi connectivity index (χ3n) is 3.35. The van der Waals surface area contributed by atoms with E-state index in [9.17, 15) is 9.59 Å². The first-order chi connectivity index (χ1) is 13.3. The molecule has 0 aliphatic rings. The summed E-state index contributed by atoms with van der Waals surface area (Å²) in [5.41, 5.74) is 5.34. The van der Waals surface area contributed by atoms with Gasteiger partial charge in [0.25, 0.3) is 5.91 Å². The molecule has 0 aromatic heterocycles. The number of carbonyl (C=O) groups is 2. The summed E-state index contributed by atoms with van der Waals surface area (Å²) in [5.74, 6) is -0.969. The van der Waals surface area contributed by atoms with Crippen molar-refractivity contribution in [2.24, 2.45) is 5.73 Å². The molecular formula is C19H14Cl2N2O5. The zero-order valence-electron chi connectivity index (χ0n) is 14.6. The molecule has 2 aromatic rings. The van der Waals surface area contributed by atoms with E-state index in [4.69, 9.17) is 48.4 Å². The first-order valence-electron chi connectivity index (χ1n) is 7.72. The lowest BCUT2D eigenvalue weighted by molar-refractivity contribution is -0.136. The molecule has 0 unspecified atom stereocenters. The second-order valence-corrected chi connectivity index (χ2v) is 6.13. The van der Waals surface area contributed by atoms with Gasteiger partial charge in [0.1, 0.15) is 17.4 Å². The standard InChI is InChI=1S/C19H14Cl2N2O5/c1-26-17-7-11(6-12(9-22)19(23)25)2-5-15(17)28-18(24)10-27-16-8-13(20)3-4-14(16)21/h2-8H,10H2,1H3,(H2,23,25)/b12-6+. The Kier molecular flexibility index (Phi) is 7.27. The number of amides is 1. The van der Waals surface area contributed by atoms with E-state index in [1.807, 2.05) is 0 Å². The molecule has 144 valence electrons. The molecule has 0 aliphatic carbocycles. The number of esters is 1. The quantitative estimate of drug-likeness (QED) is 0.318. The summed E-state index contributed by atoms with van der Waals surface area (Å²) in [6.45, 7) is -0.412. The van der Waals surface area contributed by atoms with Gasteiger partial charge in [-0.25, -0.2) is 4.79 Å². The summed E-state index contributed by atoms with van der Waals surface area (Å²) in [6.07, 6.45) is 1.29. The van der Waals surface area contributed by atoms with Crippen molar-refractivity contribution in [2.45, 2.75) is 0 Å². The van der Waals surface area contributed by atoms with Crippen molar-refractivity contribution in [3.63, 3.8) is 0 Å². The first-order valence-corrected chi connectivity index (χ1v) is 8.47.